The van der Waals surface area contributed by atoms with Crippen LogP contribution in [0.3, 0.4) is 0 Å². The molecule has 0 heterocycles. The zero-order valence-electron chi connectivity index (χ0n) is 11.6. The fourth-order valence-corrected chi connectivity index (χ4v) is 2.33. The highest BCUT2D eigenvalue weighted by molar-refractivity contribution is 5.76. The van der Waals surface area contributed by atoms with Crippen LogP contribution < -0.4 is 5.73 Å². The zero-order valence-corrected chi connectivity index (χ0v) is 11.6. The molecule has 3 heteroatoms. The first-order valence-corrected chi connectivity index (χ1v) is 6.91. The fraction of sp³-hybridized carbons (Fsp3) is 0.929. The van der Waals surface area contributed by atoms with Crippen LogP contribution in [-0.2, 0) is 9.53 Å². The Balaban J connectivity index is 2.41. The molecule has 0 aromatic carbocycles. The number of hydrogen-bond acceptors (Lipinski definition) is 3. The molecule has 0 aromatic rings. The first-order chi connectivity index (χ1) is 7.95. The van der Waals surface area contributed by atoms with Crippen LogP contribution in [0.1, 0.15) is 53.4 Å². The van der Waals surface area contributed by atoms with E-state index in [1.54, 1.807) is 0 Å². The Morgan fingerprint density at radius 1 is 1.35 bits per heavy atom. The third kappa shape index (κ3) is 3.98. The van der Waals surface area contributed by atoms with Gasteiger partial charge in [0.05, 0.1) is 0 Å². The third-order valence-electron chi connectivity index (χ3n) is 4.36. The summed E-state index contributed by atoms with van der Waals surface area (Å²) in [6, 6.07) is -0.463. The molecule has 5 atom stereocenters. The Hall–Kier alpha value is -0.570. The van der Waals surface area contributed by atoms with Crippen molar-refractivity contribution in [2.45, 2.75) is 65.5 Å². The number of hydrogen-bond donors (Lipinski definition) is 1. The first-order valence-electron chi connectivity index (χ1n) is 6.91. The van der Waals surface area contributed by atoms with Crippen LogP contribution in [0, 0.1) is 17.8 Å². The number of carbonyl (C=O) groups excluding carboxylic acids is 1. The standard InChI is InChI=1S/C14H27NO2/c1-5-9(2)13(15)14(16)17-12-7-6-10(3)11(4)8-12/h9-13H,5-8,15H2,1-4H3/t9?,10?,11?,12?,13-/m0/s1. The molecular weight excluding hydrogens is 214 g/mol. The summed E-state index contributed by atoms with van der Waals surface area (Å²) in [5.41, 5.74) is 5.88. The summed E-state index contributed by atoms with van der Waals surface area (Å²) in [5.74, 6) is 1.36. The maximum Gasteiger partial charge on any atom is 0.323 e. The lowest BCUT2D eigenvalue weighted by molar-refractivity contribution is -0.154. The fourth-order valence-electron chi connectivity index (χ4n) is 2.33. The van der Waals surface area contributed by atoms with E-state index in [9.17, 15) is 4.79 Å². The van der Waals surface area contributed by atoms with E-state index >= 15 is 0 Å². The molecule has 4 unspecified atom stereocenters. The van der Waals surface area contributed by atoms with Crippen molar-refractivity contribution in [1.82, 2.24) is 0 Å². The predicted molar refractivity (Wildman–Crippen MR) is 69.5 cm³/mol. The van der Waals surface area contributed by atoms with E-state index in [1.807, 2.05) is 13.8 Å². The molecule has 0 radical (unpaired) electrons. The highest BCUT2D eigenvalue weighted by Gasteiger charge is 2.29. The molecular formula is C14H27NO2. The largest absolute Gasteiger partial charge is 0.461 e. The smallest absolute Gasteiger partial charge is 0.323 e. The second-order valence-electron chi connectivity index (χ2n) is 5.74. The molecule has 0 amide bonds. The van der Waals surface area contributed by atoms with Gasteiger partial charge < -0.3 is 10.5 Å². The van der Waals surface area contributed by atoms with E-state index in [0.29, 0.717) is 5.92 Å². The van der Waals surface area contributed by atoms with Gasteiger partial charge in [-0.05, 0) is 37.0 Å². The molecule has 0 spiro atoms. The molecule has 1 saturated carbocycles. The summed E-state index contributed by atoms with van der Waals surface area (Å²) in [5, 5.41) is 0. The molecule has 1 fully saturated rings. The van der Waals surface area contributed by atoms with Gasteiger partial charge in [-0.2, -0.15) is 0 Å². The number of nitrogens with two attached hydrogens (primary N) is 1. The Bertz CT molecular complexity index is 255. The lowest BCUT2D eigenvalue weighted by Crippen LogP contribution is -2.41. The van der Waals surface area contributed by atoms with Gasteiger partial charge in [-0.3, -0.25) is 4.79 Å². The first kappa shape index (κ1) is 14.5. The van der Waals surface area contributed by atoms with Crippen LogP contribution in [-0.4, -0.2) is 18.1 Å². The third-order valence-corrected chi connectivity index (χ3v) is 4.36. The van der Waals surface area contributed by atoms with Crippen LogP contribution in [0.25, 0.3) is 0 Å². The minimum Gasteiger partial charge on any atom is -0.461 e. The van der Waals surface area contributed by atoms with Crippen LogP contribution in [0.4, 0.5) is 0 Å². The van der Waals surface area contributed by atoms with Gasteiger partial charge in [0, 0.05) is 0 Å². The summed E-state index contributed by atoms with van der Waals surface area (Å²) in [4.78, 5) is 11.9. The normalized spacial score (nSPS) is 32.9. The van der Waals surface area contributed by atoms with E-state index in [-0.39, 0.29) is 18.0 Å². The topological polar surface area (TPSA) is 52.3 Å². The minimum absolute atomic E-state index is 0.0869. The van der Waals surface area contributed by atoms with Crippen molar-refractivity contribution in [3.63, 3.8) is 0 Å². The summed E-state index contributed by atoms with van der Waals surface area (Å²) in [7, 11) is 0. The van der Waals surface area contributed by atoms with Gasteiger partial charge in [-0.25, -0.2) is 0 Å². The van der Waals surface area contributed by atoms with Gasteiger partial charge in [0.1, 0.15) is 12.1 Å². The maximum atomic E-state index is 11.9. The highest BCUT2D eigenvalue weighted by Crippen LogP contribution is 2.31. The summed E-state index contributed by atoms with van der Waals surface area (Å²) in [6.07, 6.45) is 4.13. The van der Waals surface area contributed by atoms with Crippen LogP contribution in [0.5, 0.6) is 0 Å². The molecule has 17 heavy (non-hydrogen) atoms. The van der Waals surface area contributed by atoms with Crippen LogP contribution in [0.2, 0.25) is 0 Å². The molecule has 1 aliphatic carbocycles. The van der Waals surface area contributed by atoms with Gasteiger partial charge in [-0.1, -0.05) is 34.1 Å². The second-order valence-corrected chi connectivity index (χ2v) is 5.74. The van der Waals surface area contributed by atoms with E-state index in [1.165, 1.54) is 0 Å². The molecule has 0 aliphatic heterocycles. The van der Waals surface area contributed by atoms with Gasteiger partial charge in [0.15, 0.2) is 0 Å². The van der Waals surface area contributed by atoms with Gasteiger partial charge in [0.2, 0.25) is 0 Å². The molecule has 100 valence electrons. The minimum atomic E-state index is -0.463. The molecule has 2 N–H and O–H groups in total. The zero-order chi connectivity index (χ0) is 13.0. The number of rotatable bonds is 4. The van der Waals surface area contributed by atoms with Crippen molar-refractivity contribution < 1.29 is 9.53 Å². The van der Waals surface area contributed by atoms with Crippen molar-refractivity contribution in [3.8, 4) is 0 Å². The van der Waals surface area contributed by atoms with E-state index in [2.05, 4.69) is 13.8 Å². The lowest BCUT2D eigenvalue weighted by Gasteiger charge is -2.32. The van der Waals surface area contributed by atoms with E-state index in [4.69, 9.17) is 10.5 Å². The second kappa shape index (κ2) is 6.39. The Labute approximate surface area is 105 Å². The summed E-state index contributed by atoms with van der Waals surface area (Å²) >= 11 is 0. The maximum absolute atomic E-state index is 11.9. The Morgan fingerprint density at radius 2 is 2.00 bits per heavy atom. The van der Waals surface area contributed by atoms with E-state index in [0.717, 1.165) is 31.6 Å². The molecule has 0 aromatic heterocycles. The number of esters is 1. The predicted octanol–water partition coefficient (Wildman–Crippen LogP) is 2.73. The monoisotopic (exact) mass is 241 g/mol. The van der Waals surface area contributed by atoms with E-state index < -0.39 is 6.04 Å². The molecule has 0 bridgehead atoms. The Kier molecular flexibility index (Phi) is 5.44. The SMILES string of the molecule is CCC(C)[C@H](N)C(=O)OC1CCC(C)C(C)C1. The molecule has 1 aliphatic rings. The summed E-state index contributed by atoms with van der Waals surface area (Å²) in [6.45, 7) is 8.55. The van der Waals surface area contributed by atoms with Crippen LogP contribution >= 0.6 is 0 Å². The highest BCUT2D eigenvalue weighted by atomic mass is 16.5. The van der Waals surface area contributed by atoms with Gasteiger partial charge >= 0.3 is 5.97 Å². The lowest BCUT2D eigenvalue weighted by atomic mass is 9.80. The van der Waals surface area contributed by atoms with Crippen molar-refractivity contribution in [2.75, 3.05) is 0 Å². The number of ether oxygens (including phenoxy) is 1. The van der Waals surface area contributed by atoms with Crippen molar-refractivity contribution in [2.24, 2.45) is 23.5 Å². The summed E-state index contributed by atoms with van der Waals surface area (Å²) < 4.78 is 5.53. The average molecular weight is 241 g/mol. The quantitative estimate of drug-likeness (QED) is 0.770. The number of carbonyl (C=O) groups is 1. The Morgan fingerprint density at radius 3 is 2.53 bits per heavy atom. The van der Waals surface area contributed by atoms with Gasteiger partial charge in [0.25, 0.3) is 0 Å². The molecule has 1 rings (SSSR count). The van der Waals surface area contributed by atoms with Crippen molar-refractivity contribution in [1.29, 1.82) is 0 Å². The molecule has 3 nitrogen and oxygen atoms in total. The van der Waals surface area contributed by atoms with Crippen LogP contribution in [0.15, 0.2) is 0 Å². The van der Waals surface area contributed by atoms with Crippen molar-refractivity contribution in [3.05, 3.63) is 0 Å². The van der Waals surface area contributed by atoms with Gasteiger partial charge in [-0.15, -0.1) is 0 Å². The molecule has 0 saturated heterocycles. The van der Waals surface area contributed by atoms with Crippen molar-refractivity contribution >= 4 is 5.97 Å². The average Bonchev–Trinajstić information content (AvgIpc) is 2.31.